The van der Waals surface area contributed by atoms with Crippen molar-refractivity contribution in [1.29, 1.82) is 0 Å². The van der Waals surface area contributed by atoms with Gasteiger partial charge in [-0.3, -0.25) is 9.59 Å². The second-order valence-corrected chi connectivity index (χ2v) is 11.0. The third kappa shape index (κ3) is 13.7. The molecule has 36 heavy (non-hydrogen) atoms. The number of hydrogen-bond acceptors (Lipinski definition) is 7. The van der Waals surface area contributed by atoms with Crippen molar-refractivity contribution in [3.05, 3.63) is 0 Å². The molecule has 0 radical (unpaired) electrons. The van der Waals surface area contributed by atoms with E-state index in [0.29, 0.717) is 31.2 Å². The van der Waals surface area contributed by atoms with Crippen molar-refractivity contribution in [3.8, 4) is 0 Å². The van der Waals surface area contributed by atoms with Crippen molar-refractivity contribution in [2.75, 3.05) is 51.6 Å². The number of unbranched alkanes of at least 4 members (excludes halogenated alkanes) is 3. The standard InChI is InChI=1S/C25H49N7O3S/c26-12-7-15-27-13-4-5-14-28-16-8-18-30-22(33)10-2-1-3-17-29-23(34)11-6-9-21-24-20(19-36-21)31-25(35)32-24/h20-21,24,27-28H,1-19,26H2,(H,29,34)(H,30,33)(H2,31,32,35). The van der Waals surface area contributed by atoms with Gasteiger partial charge in [0.1, 0.15) is 0 Å². The molecule has 2 heterocycles. The number of carbonyl (C=O) groups is 3. The molecule has 3 unspecified atom stereocenters. The van der Waals surface area contributed by atoms with E-state index in [2.05, 4.69) is 31.9 Å². The summed E-state index contributed by atoms with van der Waals surface area (Å²) in [6.07, 6.45) is 9.83. The first-order valence-corrected chi connectivity index (χ1v) is 15.0. The molecule has 2 fully saturated rings. The van der Waals surface area contributed by atoms with Crippen molar-refractivity contribution in [2.24, 2.45) is 5.73 Å². The lowest BCUT2D eigenvalue weighted by atomic mass is 10.0. The lowest BCUT2D eigenvalue weighted by Crippen LogP contribution is -2.37. The topological polar surface area (TPSA) is 149 Å². The highest BCUT2D eigenvalue weighted by Gasteiger charge is 2.42. The average Bonchev–Trinajstić information content (AvgIpc) is 3.41. The van der Waals surface area contributed by atoms with E-state index in [1.807, 2.05) is 11.8 Å². The van der Waals surface area contributed by atoms with Crippen molar-refractivity contribution < 1.29 is 14.4 Å². The third-order valence-corrected chi connectivity index (χ3v) is 8.11. The number of hydrogen-bond donors (Lipinski definition) is 7. The van der Waals surface area contributed by atoms with Crippen molar-refractivity contribution in [2.45, 2.75) is 88.0 Å². The number of nitrogens with two attached hydrogens (primary N) is 1. The Bertz CT molecular complexity index is 641. The molecule has 0 saturated carbocycles. The zero-order chi connectivity index (χ0) is 25.8. The molecular formula is C25H49N7O3S. The molecule has 0 aliphatic carbocycles. The first-order chi connectivity index (χ1) is 17.6. The monoisotopic (exact) mass is 527 g/mol. The Morgan fingerprint density at radius 2 is 1.39 bits per heavy atom. The maximum atomic E-state index is 12.1. The largest absolute Gasteiger partial charge is 0.356 e. The molecule has 3 atom stereocenters. The van der Waals surface area contributed by atoms with Crippen LogP contribution in [0.15, 0.2) is 0 Å². The Morgan fingerprint density at radius 1 is 0.778 bits per heavy atom. The molecule has 0 aromatic carbocycles. The second-order valence-electron chi connectivity index (χ2n) is 9.73. The fourth-order valence-electron chi connectivity index (χ4n) is 4.52. The van der Waals surface area contributed by atoms with Crippen LogP contribution in [0.3, 0.4) is 0 Å². The smallest absolute Gasteiger partial charge is 0.315 e. The van der Waals surface area contributed by atoms with Crippen LogP contribution in [-0.4, -0.2) is 86.7 Å². The van der Waals surface area contributed by atoms with Crippen molar-refractivity contribution in [3.63, 3.8) is 0 Å². The molecule has 0 spiro atoms. The molecule has 2 rings (SSSR count). The van der Waals surface area contributed by atoms with Crippen LogP contribution in [0.25, 0.3) is 0 Å². The first kappa shape index (κ1) is 30.7. The molecule has 10 nitrogen and oxygen atoms in total. The van der Waals surface area contributed by atoms with Crippen LogP contribution < -0.4 is 37.6 Å². The number of fused-ring (bicyclic) bond motifs is 1. The number of rotatable bonds is 22. The molecule has 2 saturated heterocycles. The van der Waals surface area contributed by atoms with Gasteiger partial charge in [0, 0.05) is 36.9 Å². The number of urea groups is 1. The van der Waals surface area contributed by atoms with Gasteiger partial charge in [-0.2, -0.15) is 11.8 Å². The van der Waals surface area contributed by atoms with Gasteiger partial charge in [-0.05, 0) is 84.1 Å². The van der Waals surface area contributed by atoms with Gasteiger partial charge in [0.25, 0.3) is 0 Å². The molecule has 0 aromatic rings. The highest BCUT2D eigenvalue weighted by molar-refractivity contribution is 8.00. The minimum Gasteiger partial charge on any atom is -0.356 e. The molecule has 11 heteroatoms. The fourth-order valence-corrected chi connectivity index (χ4v) is 6.06. The van der Waals surface area contributed by atoms with Crippen molar-refractivity contribution in [1.82, 2.24) is 31.9 Å². The highest BCUT2D eigenvalue weighted by atomic mass is 32.2. The summed E-state index contributed by atoms with van der Waals surface area (Å²) in [5.41, 5.74) is 5.46. The van der Waals surface area contributed by atoms with E-state index >= 15 is 0 Å². The Hall–Kier alpha value is -1.56. The first-order valence-electron chi connectivity index (χ1n) is 13.9. The predicted molar refractivity (Wildman–Crippen MR) is 147 cm³/mol. The van der Waals surface area contributed by atoms with Gasteiger partial charge < -0.3 is 37.6 Å². The van der Waals surface area contributed by atoms with E-state index in [0.717, 1.165) is 89.8 Å². The van der Waals surface area contributed by atoms with Crippen LogP contribution in [0.1, 0.15) is 70.6 Å². The predicted octanol–water partition coefficient (Wildman–Crippen LogP) is 0.813. The minimum atomic E-state index is -0.0668. The van der Waals surface area contributed by atoms with E-state index in [-0.39, 0.29) is 29.9 Å². The Kier molecular flexibility index (Phi) is 16.6. The second kappa shape index (κ2) is 19.5. The zero-order valence-corrected chi connectivity index (χ0v) is 22.7. The van der Waals surface area contributed by atoms with Gasteiger partial charge in [0.05, 0.1) is 12.1 Å². The summed E-state index contributed by atoms with van der Waals surface area (Å²) in [6.45, 7) is 6.12. The van der Waals surface area contributed by atoms with Crippen molar-refractivity contribution >= 4 is 29.6 Å². The van der Waals surface area contributed by atoms with E-state index in [4.69, 9.17) is 5.73 Å². The van der Waals surface area contributed by atoms with E-state index in [1.54, 1.807) is 0 Å². The van der Waals surface area contributed by atoms with E-state index < -0.39 is 0 Å². The zero-order valence-electron chi connectivity index (χ0n) is 21.9. The van der Waals surface area contributed by atoms with E-state index in [9.17, 15) is 14.4 Å². The highest BCUT2D eigenvalue weighted by Crippen LogP contribution is 2.32. The maximum Gasteiger partial charge on any atom is 0.315 e. The van der Waals surface area contributed by atoms with Gasteiger partial charge in [0.2, 0.25) is 11.8 Å². The Labute approximate surface area is 221 Å². The number of amides is 4. The molecule has 2 aliphatic rings. The molecule has 0 bridgehead atoms. The molecule has 8 N–H and O–H groups in total. The molecular weight excluding hydrogens is 478 g/mol. The molecule has 2 aliphatic heterocycles. The van der Waals surface area contributed by atoms with Gasteiger partial charge in [-0.1, -0.05) is 6.42 Å². The SMILES string of the molecule is NCCCNCCCCNCCCNC(=O)CCCCCNC(=O)CCCC1SCC2NC(=O)NC21. The summed E-state index contributed by atoms with van der Waals surface area (Å²) in [6, 6.07) is 0.373. The average molecular weight is 528 g/mol. The van der Waals surface area contributed by atoms with Crippen LogP contribution >= 0.6 is 11.8 Å². The van der Waals surface area contributed by atoms with Crippen LogP contribution in [0.4, 0.5) is 4.79 Å². The quantitative estimate of drug-likeness (QED) is 0.0814. The van der Waals surface area contributed by atoms with E-state index in [1.165, 1.54) is 6.42 Å². The normalized spacial score (nSPS) is 20.6. The molecule has 4 amide bonds. The van der Waals surface area contributed by atoms with Gasteiger partial charge in [0.15, 0.2) is 0 Å². The molecule has 208 valence electrons. The maximum absolute atomic E-state index is 12.1. The van der Waals surface area contributed by atoms with Gasteiger partial charge >= 0.3 is 6.03 Å². The Morgan fingerprint density at radius 3 is 2.11 bits per heavy atom. The van der Waals surface area contributed by atoms with Crippen LogP contribution in [0.2, 0.25) is 0 Å². The van der Waals surface area contributed by atoms with Gasteiger partial charge in [-0.25, -0.2) is 4.79 Å². The summed E-state index contributed by atoms with van der Waals surface area (Å²) >= 11 is 1.88. The summed E-state index contributed by atoms with van der Waals surface area (Å²) < 4.78 is 0. The number of thioether (sulfide) groups is 1. The Balaban J connectivity index is 1.30. The molecule has 0 aromatic heterocycles. The summed E-state index contributed by atoms with van der Waals surface area (Å²) in [5, 5.41) is 19.1. The lowest BCUT2D eigenvalue weighted by molar-refractivity contribution is -0.122. The fraction of sp³-hybridized carbons (Fsp3) is 0.880. The van der Waals surface area contributed by atoms with Crippen LogP contribution in [0, 0.1) is 0 Å². The number of nitrogens with one attached hydrogen (secondary N) is 6. The minimum absolute atomic E-state index is 0.0668. The summed E-state index contributed by atoms with van der Waals surface area (Å²) in [4.78, 5) is 35.4. The third-order valence-electron chi connectivity index (χ3n) is 6.60. The summed E-state index contributed by atoms with van der Waals surface area (Å²) in [5.74, 6) is 1.15. The van der Waals surface area contributed by atoms with Crippen LogP contribution in [-0.2, 0) is 9.59 Å². The lowest BCUT2D eigenvalue weighted by Gasteiger charge is -2.16. The van der Waals surface area contributed by atoms with Gasteiger partial charge in [-0.15, -0.1) is 0 Å². The summed E-state index contributed by atoms with van der Waals surface area (Å²) in [7, 11) is 0. The van der Waals surface area contributed by atoms with Crippen LogP contribution in [0.5, 0.6) is 0 Å². The number of carbonyl (C=O) groups excluding carboxylic acids is 3.